The van der Waals surface area contributed by atoms with Crippen LogP contribution in [0.3, 0.4) is 0 Å². The summed E-state index contributed by atoms with van der Waals surface area (Å²) in [5, 5.41) is 1.27. The first kappa shape index (κ1) is 16.6. The molecule has 0 aliphatic carbocycles. The van der Waals surface area contributed by atoms with Crippen molar-refractivity contribution in [3.05, 3.63) is 36.0 Å². The Morgan fingerprint density at radius 3 is 2.84 bits per heavy atom. The van der Waals surface area contributed by atoms with Gasteiger partial charge in [-0.2, -0.15) is 0 Å². The van der Waals surface area contributed by atoms with E-state index in [1.165, 1.54) is 23.0 Å². The summed E-state index contributed by atoms with van der Waals surface area (Å²) in [5.74, 6) is 0.724. The predicted octanol–water partition coefficient (Wildman–Crippen LogP) is 2.59. The highest BCUT2D eigenvalue weighted by atomic mass is 16.5. The Kier molecular flexibility index (Phi) is 4.77. The number of nitrogens with one attached hydrogen (secondary N) is 1. The van der Waals surface area contributed by atoms with E-state index in [4.69, 9.17) is 4.74 Å². The maximum atomic E-state index is 12.8. The number of fused-ring (bicyclic) bond motifs is 1. The summed E-state index contributed by atoms with van der Waals surface area (Å²) in [6, 6.07) is 10.7. The van der Waals surface area contributed by atoms with Crippen molar-refractivity contribution < 1.29 is 9.53 Å². The van der Waals surface area contributed by atoms with Crippen LogP contribution < -0.4 is 0 Å². The first-order valence-corrected chi connectivity index (χ1v) is 9.40. The highest BCUT2D eigenvalue weighted by Gasteiger charge is 2.31. The Morgan fingerprint density at radius 2 is 2.04 bits per heavy atom. The lowest BCUT2D eigenvalue weighted by Crippen LogP contribution is -2.52. The van der Waals surface area contributed by atoms with Gasteiger partial charge in [0.25, 0.3) is 0 Å². The SMILES string of the molecule is C[C@@H](C(=O)N1CCOCC1)N1CCC[C@H](c2cc3ccccc3[nH]2)C1. The number of carbonyl (C=O) groups is 1. The minimum Gasteiger partial charge on any atom is -0.378 e. The summed E-state index contributed by atoms with van der Waals surface area (Å²) in [6.07, 6.45) is 2.32. The van der Waals surface area contributed by atoms with Crippen LogP contribution >= 0.6 is 0 Å². The van der Waals surface area contributed by atoms with Gasteiger partial charge in [-0.3, -0.25) is 9.69 Å². The van der Waals surface area contributed by atoms with Gasteiger partial charge in [-0.1, -0.05) is 18.2 Å². The molecule has 2 fully saturated rings. The third-order valence-corrected chi connectivity index (χ3v) is 5.67. The monoisotopic (exact) mass is 341 g/mol. The quantitative estimate of drug-likeness (QED) is 0.933. The lowest BCUT2D eigenvalue weighted by molar-refractivity contribution is -0.141. The van der Waals surface area contributed by atoms with Gasteiger partial charge in [0.05, 0.1) is 19.3 Å². The van der Waals surface area contributed by atoms with Crippen LogP contribution in [-0.2, 0) is 9.53 Å². The molecule has 1 amide bonds. The average Bonchev–Trinajstić information content (AvgIpc) is 3.12. The van der Waals surface area contributed by atoms with Gasteiger partial charge in [0.15, 0.2) is 0 Å². The number of benzene rings is 1. The fraction of sp³-hybridized carbons (Fsp3) is 0.550. The maximum Gasteiger partial charge on any atom is 0.239 e. The van der Waals surface area contributed by atoms with Crippen LogP contribution in [0.25, 0.3) is 10.9 Å². The molecule has 2 aromatic rings. The molecular formula is C20H27N3O2. The molecule has 4 rings (SSSR count). The number of amides is 1. The van der Waals surface area contributed by atoms with Crippen LogP contribution in [0.1, 0.15) is 31.4 Å². The highest BCUT2D eigenvalue weighted by molar-refractivity contribution is 5.82. The zero-order valence-corrected chi connectivity index (χ0v) is 14.9. The van der Waals surface area contributed by atoms with E-state index in [-0.39, 0.29) is 11.9 Å². The Morgan fingerprint density at radius 1 is 1.24 bits per heavy atom. The lowest BCUT2D eigenvalue weighted by Gasteiger charge is -2.38. The van der Waals surface area contributed by atoms with Gasteiger partial charge in [0.1, 0.15) is 0 Å². The zero-order chi connectivity index (χ0) is 17.2. The van der Waals surface area contributed by atoms with Crippen LogP contribution in [0.4, 0.5) is 0 Å². The summed E-state index contributed by atoms with van der Waals surface area (Å²) < 4.78 is 5.37. The van der Waals surface area contributed by atoms with E-state index >= 15 is 0 Å². The number of morpholine rings is 1. The molecule has 5 nitrogen and oxygen atoms in total. The van der Waals surface area contributed by atoms with Crippen molar-refractivity contribution in [2.24, 2.45) is 0 Å². The number of para-hydroxylation sites is 1. The molecule has 0 radical (unpaired) electrons. The van der Waals surface area contributed by atoms with Gasteiger partial charge >= 0.3 is 0 Å². The molecule has 2 aliphatic rings. The lowest BCUT2D eigenvalue weighted by atomic mass is 9.93. The summed E-state index contributed by atoms with van der Waals surface area (Å²) in [6.45, 7) is 6.79. The third kappa shape index (κ3) is 3.44. The van der Waals surface area contributed by atoms with E-state index in [0.29, 0.717) is 19.1 Å². The smallest absolute Gasteiger partial charge is 0.239 e. The average molecular weight is 341 g/mol. The van der Waals surface area contributed by atoms with Gasteiger partial charge in [-0.05, 0) is 43.8 Å². The molecular weight excluding hydrogens is 314 g/mol. The Bertz CT molecular complexity index is 702. The summed E-state index contributed by atoms with van der Waals surface area (Å²) in [7, 11) is 0. The van der Waals surface area contributed by atoms with E-state index in [1.807, 2.05) is 4.90 Å². The standard InChI is InChI=1S/C20H27N3O2/c1-15(20(24)22-9-11-25-12-10-22)23-8-4-6-17(14-23)19-13-16-5-2-3-7-18(16)21-19/h2-3,5,7,13,15,17,21H,4,6,8-12,14H2,1H3/t15-,17-/m0/s1. The molecule has 2 aliphatic heterocycles. The second kappa shape index (κ2) is 7.18. The number of nitrogens with zero attached hydrogens (tertiary/aromatic N) is 2. The zero-order valence-electron chi connectivity index (χ0n) is 14.9. The molecule has 0 unspecified atom stereocenters. The number of ether oxygens (including phenoxy) is 1. The van der Waals surface area contributed by atoms with Crippen molar-refractivity contribution in [2.45, 2.75) is 31.7 Å². The number of hydrogen-bond acceptors (Lipinski definition) is 3. The van der Waals surface area contributed by atoms with Crippen molar-refractivity contribution in [1.29, 1.82) is 0 Å². The molecule has 0 saturated carbocycles. The van der Waals surface area contributed by atoms with Crippen molar-refractivity contribution in [1.82, 2.24) is 14.8 Å². The first-order chi connectivity index (χ1) is 12.2. The summed E-state index contributed by atoms with van der Waals surface area (Å²) in [4.78, 5) is 20.7. The van der Waals surface area contributed by atoms with E-state index in [1.54, 1.807) is 0 Å². The van der Waals surface area contributed by atoms with Gasteiger partial charge in [0.2, 0.25) is 5.91 Å². The molecule has 25 heavy (non-hydrogen) atoms. The van der Waals surface area contributed by atoms with Crippen LogP contribution in [0, 0.1) is 0 Å². The number of aromatic amines is 1. The third-order valence-electron chi connectivity index (χ3n) is 5.67. The fourth-order valence-corrected chi connectivity index (χ4v) is 4.13. The van der Waals surface area contributed by atoms with Crippen LogP contribution in [0.2, 0.25) is 0 Å². The molecule has 1 N–H and O–H groups in total. The molecule has 134 valence electrons. The topological polar surface area (TPSA) is 48.6 Å². The van der Waals surface area contributed by atoms with Crippen LogP contribution in [0.5, 0.6) is 0 Å². The van der Waals surface area contributed by atoms with E-state index in [9.17, 15) is 4.79 Å². The van der Waals surface area contributed by atoms with Crippen molar-refractivity contribution in [3.63, 3.8) is 0 Å². The molecule has 2 saturated heterocycles. The molecule has 0 spiro atoms. The number of H-pyrrole nitrogens is 1. The van der Waals surface area contributed by atoms with Gasteiger partial charge < -0.3 is 14.6 Å². The molecule has 3 heterocycles. The minimum atomic E-state index is -0.0507. The maximum absolute atomic E-state index is 12.8. The van der Waals surface area contributed by atoms with Gasteiger partial charge in [-0.15, -0.1) is 0 Å². The molecule has 1 aromatic heterocycles. The van der Waals surface area contributed by atoms with E-state index in [0.717, 1.165) is 32.6 Å². The molecule has 2 atom stereocenters. The number of carbonyl (C=O) groups excluding carboxylic acids is 1. The van der Waals surface area contributed by atoms with Gasteiger partial charge in [0, 0.05) is 36.8 Å². The number of piperidine rings is 1. The second-order valence-electron chi connectivity index (χ2n) is 7.26. The number of rotatable bonds is 3. The van der Waals surface area contributed by atoms with Crippen molar-refractivity contribution in [3.8, 4) is 0 Å². The second-order valence-corrected chi connectivity index (χ2v) is 7.26. The summed E-state index contributed by atoms with van der Waals surface area (Å²) >= 11 is 0. The van der Waals surface area contributed by atoms with E-state index < -0.39 is 0 Å². The Balaban J connectivity index is 1.45. The summed E-state index contributed by atoms with van der Waals surface area (Å²) in [5.41, 5.74) is 2.50. The first-order valence-electron chi connectivity index (χ1n) is 9.40. The predicted molar refractivity (Wildman–Crippen MR) is 98.7 cm³/mol. The Hall–Kier alpha value is -1.85. The molecule has 1 aromatic carbocycles. The van der Waals surface area contributed by atoms with E-state index in [2.05, 4.69) is 47.1 Å². The number of hydrogen-bond donors (Lipinski definition) is 1. The largest absolute Gasteiger partial charge is 0.378 e. The molecule has 0 bridgehead atoms. The van der Waals surface area contributed by atoms with Crippen molar-refractivity contribution >= 4 is 16.8 Å². The number of likely N-dealkylation sites (tertiary alicyclic amines) is 1. The normalized spacial score (nSPS) is 23.7. The molecule has 5 heteroatoms. The Labute approximate surface area is 148 Å². The highest BCUT2D eigenvalue weighted by Crippen LogP contribution is 2.30. The van der Waals surface area contributed by atoms with Crippen LogP contribution in [0.15, 0.2) is 30.3 Å². The number of aromatic nitrogens is 1. The van der Waals surface area contributed by atoms with Crippen LogP contribution in [-0.4, -0.2) is 66.1 Å². The fourth-order valence-electron chi connectivity index (χ4n) is 4.13. The minimum absolute atomic E-state index is 0.0507. The van der Waals surface area contributed by atoms with Crippen molar-refractivity contribution in [2.75, 3.05) is 39.4 Å². The van der Waals surface area contributed by atoms with Gasteiger partial charge in [-0.25, -0.2) is 0 Å².